The van der Waals surface area contributed by atoms with Gasteiger partial charge in [0.15, 0.2) is 6.04 Å². The van der Waals surface area contributed by atoms with Gasteiger partial charge in [-0.1, -0.05) is 29.8 Å². The molecule has 0 radical (unpaired) electrons. The minimum Gasteiger partial charge on any atom is -0.494 e. The maximum Gasteiger partial charge on any atom is 0.292 e. The standard InChI is InChI=1S/C19H19ClN2O3/c1-2-25-15-9-7-14(8-10-15)22-18(23)11-17(19(22)24)21-12-13-5-3-4-6-16(13)20/h3-10,17,21H,2,11-12H2,1H3/p+1/t17-/m1/s1. The normalized spacial score (nSPS) is 17.2. The Morgan fingerprint density at radius 2 is 1.88 bits per heavy atom. The van der Waals surface area contributed by atoms with Crippen LogP contribution in [0.3, 0.4) is 0 Å². The molecule has 1 aliphatic heterocycles. The number of anilines is 1. The monoisotopic (exact) mass is 359 g/mol. The van der Waals surface area contributed by atoms with Gasteiger partial charge in [-0.3, -0.25) is 9.59 Å². The molecule has 3 rings (SSSR count). The molecule has 6 heteroatoms. The van der Waals surface area contributed by atoms with E-state index in [1.807, 2.05) is 36.5 Å². The maximum atomic E-state index is 12.6. The molecule has 0 aromatic heterocycles. The van der Waals surface area contributed by atoms with E-state index >= 15 is 0 Å². The summed E-state index contributed by atoms with van der Waals surface area (Å²) >= 11 is 6.15. The Balaban J connectivity index is 1.68. The Bertz CT molecular complexity index is 776. The topological polar surface area (TPSA) is 63.2 Å². The molecule has 130 valence electrons. The molecule has 1 atom stereocenters. The lowest BCUT2D eigenvalue weighted by atomic mass is 10.2. The molecule has 1 saturated heterocycles. The van der Waals surface area contributed by atoms with Gasteiger partial charge >= 0.3 is 0 Å². The van der Waals surface area contributed by atoms with Crippen molar-refractivity contribution < 1.29 is 19.6 Å². The SMILES string of the molecule is CCOc1ccc(N2C(=O)C[C@@H]([NH2+]Cc3ccccc3Cl)C2=O)cc1. The van der Waals surface area contributed by atoms with Crippen LogP contribution in [0.4, 0.5) is 5.69 Å². The van der Waals surface area contributed by atoms with Crippen molar-refractivity contribution in [2.24, 2.45) is 0 Å². The Kier molecular flexibility index (Phi) is 5.36. The van der Waals surface area contributed by atoms with Gasteiger partial charge < -0.3 is 10.1 Å². The van der Waals surface area contributed by atoms with Crippen molar-refractivity contribution in [3.63, 3.8) is 0 Å². The molecule has 0 aliphatic carbocycles. The fraction of sp³-hybridized carbons (Fsp3) is 0.263. The van der Waals surface area contributed by atoms with Crippen LogP contribution in [-0.4, -0.2) is 24.5 Å². The second kappa shape index (κ2) is 7.68. The first-order chi connectivity index (χ1) is 12.1. The van der Waals surface area contributed by atoms with Crippen LogP contribution in [-0.2, 0) is 16.1 Å². The summed E-state index contributed by atoms with van der Waals surface area (Å²) in [5.74, 6) is 0.336. The van der Waals surface area contributed by atoms with Gasteiger partial charge in [-0.15, -0.1) is 0 Å². The molecule has 5 nitrogen and oxygen atoms in total. The van der Waals surface area contributed by atoms with E-state index in [-0.39, 0.29) is 18.2 Å². The number of quaternary nitrogens is 1. The van der Waals surface area contributed by atoms with Gasteiger partial charge in [0, 0.05) is 10.6 Å². The Morgan fingerprint density at radius 1 is 1.16 bits per heavy atom. The van der Waals surface area contributed by atoms with Gasteiger partial charge in [-0.2, -0.15) is 0 Å². The quantitative estimate of drug-likeness (QED) is 0.804. The highest BCUT2D eigenvalue weighted by atomic mass is 35.5. The predicted octanol–water partition coefficient (Wildman–Crippen LogP) is 2.13. The molecule has 1 heterocycles. The van der Waals surface area contributed by atoms with Crippen LogP contribution in [0.1, 0.15) is 18.9 Å². The number of hydrogen-bond donors (Lipinski definition) is 1. The zero-order valence-corrected chi connectivity index (χ0v) is 14.7. The zero-order valence-electron chi connectivity index (χ0n) is 13.9. The second-order valence-electron chi connectivity index (χ2n) is 5.84. The first-order valence-electron chi connectivity index (χ1n) is 8.26. The number of carbonyl (C=O) groups excluding carboxylic acids is 2. The molecule has 2 amide bonds. The van der Waals surface area contributed by atoms with Crippen molar-refractivity contribution in [3.05, 3.63) is 59.1 Å². The lowest BCUT2D eigenvalue weighted by Gasteiger charge is -2.15. The third-order valence-corrected chi connectivity index (χ3v) is 4.54. The third-order valence-electron chi connectivity index (χ3n) is 4.17. The minimum atomic E-state index is -0.421. The first-order valence-corrected chi connectivity index (χ1v) is 8.64. The highest BCUT2D eigenvalue weighted by Crippen LogP contribution is 2.24. The van der Waals surface area contributed by atoms with Crippen LogP contribution in [0.5, 0.6) is 5.75 Å². The van der Waals surface area contributed by atoms with Gasteiger partial charge in [0.1, 0.15) is 12.3 Å². The lowest BCUT2D eigenvalue weighted by Crippen LogP contribution is -2.90. The van der Waals surface area contributed by atoms with E-state index < -0.39 is 6.04 Å². The average molecular weight is 360 g/mol. The molecule has 1 aliphatic rings. The fourth-order valence-electron chi connectivity index (χ4n) is 2.90. The fourth-order valence-corrected chi connectivity index (χ4v) is 3.11. The van der Waals surface area contributed by atoms with Crippen molar-refractivity contribution in [2.75, 3.05) is 11.5 Å². The summed E-state index contributed by atoms with van der Waals surface area (Å²) in [6.45, 7) is 3.03. The molecule has 1 fully saturated rings. The van der Waals surface area contributed by atoms with Crippen molar-refractivity contribution in [2.45, 2.75) is 25.9 Å². The number of amides is 2. The van der Waals surface area contributed by atoms with Gasteiger partial charge in [0.2, 0.25) is 5.91 Å². The molecule has 25 heavy (non-hydrogen) atoms. The predicted molar refractivity (Wildman–Crippen MR) is 95.6 cm³/mol. The van der Waals surface area contributed by atoms with E-state index in [1.54, 1.807) is 24.3 Å². The number of nitrogens with zero attached hydrogens (tertiary/aromatic N) is 1. The number of rotatable bonds is 6. The number of carbonyl (C=O) groups is 2. The molecular formula is C19H20ClN2O3+. The van der Waals surface area contributed by atoms with Crippen molar-refractivity contribution in [1.29, 1.82) is 0 Å². The number of benzene rings is 2. The van der Waals surface area contributed by atoms with Gasteiger partial charge in [-0.05, 0) is 37.3 Å². The number of ether oxygens (including phenoxy) is 1. The summed E-state index contributed by atoms with van der Waals surface area (Å²) in [7, 11) is 0. The van der Waals surface area contributed by atoms with Gasteiger partial charge in [0.25, 0.3) is 5.91 Å². The Morgan fingerprint density at radius 3 is 2.56 bits per heavy atom. The van der Waals surface area contributed by atoms with Crippen LogP contribution in [0, 0.1) is 0 Å². The van der Waals surface area contributed by atoms with E-state index in [0.717, 1.165) is 5.56 Å². The number of imide groups is 1. The summed E-state index contributed by atoms with van der Waals surface area (Å²) in [6, 6.07) is 14.1. The highest BCUT2D eigenvalue weighted by molar-refractivity contribution is 6.31. The zero-order chi connectivity index (χ0) is 17.8. The summed E-state index contributed by atoms with van der Waals surface area (Å²) < 4.78 is 5.39. The Hall–Kier alpha value is -2.37. The number of nitrogens with two attached hydrogens (primary N) is 1. The molecule has 2 aromatic carbocycles. The molecule has 2 aromatic rings. The molecule has 2 N–H and O–H groups in total. The largest absolute Gasteiger partial charge is 0.494 e. The van der Waals surface area contributed by atoms with Crippen molar-refractivity contribution in [1.82, 2.24) is 0 Å². The maximum absolute atomic E-state index is 12.6. The van der Waals surface area contributed by atoms with E-state index in [9.17, 15) is 9.59 Å². The van der Waals surface area contributed by atoms with Crippen molar-refractivity contribution >= 4 is 29.1 Å². The van der Waals surface area contributed by atoms with E-state index in [0.29, 0.717) is 29.6 Å². The first kappa shape index (κ1) is 17.5. The Labute approximate surface area is 151 Å². The average Bonchev–Trinajstić information content (AvgIpc) is 2.89. The van der Waals surface area contributed by atoms with Crippen LogP contribution in [0.15, 0.2) is 48.5 Å². The second-order valence-corrected chi connectivity index (χ2v) is 6.24. The summed E-state index contributed by atoms with van der Waals surface area (Å²) in [4.78, 5) is 26.2. The third kappa shape index (κ3) is 3.83. The summed E-state index contributed by atoms with van der Waals surface area (Å²) in [6.07, 6.45) is 0.191. The van der Waals surface area contributed by atoms with Gasteiger partial charge in [-0.25, -0.2) is 4.90 Å². The highest BCUT2D eigenvalue weighted by Gasteiger charge is 2.42. The van der Waals surface area contributed by atoms with E-state index in [4.69, 9.17) is 16.3 Å². The number of halogens is 1. The molecule has 0 saturated carbocycles. The van der Waals surface area contributed by atoms with Crippen LogP contribution in [0.25, 0.3) is 0 Å². The molecule has 0 unspecified atom stereocenters. The number of hydrogen-bond acceptors (Lipinski definition) is 3. The van der Waals surface area contributed by atoms with Gasteiger partial charge in [0.05, 0.1) is 18.7 Å². The molecule has 0 spiro atoms. The smallest absolute Gasteiger partial charge is 0.292 e. The van der Waals surface area contributed by atoms with Crippen molar-refractivity contribution in [3.8, 4) is 5.75 Å². The lowest BCUT2D eigenvalue weighted by molar-refractivity contribution is -0.690. The van der Waals surface area contributed by atoms with Crippen LogP contribution >= 0.6 is 11.6 Å². The van der Waals surface area contributed by atoms with Crippen LogP contribution < -0.4 is 15.0 Å². The van der Waals surface area contributed by atoms with E-state index in [2.05, 4.69) is 0 Å². The minimum absolute atomic E-state index is 0.186. The van der Waals surface area contributed by atoms with E-state index in [1.165, 1.54) is 4.90 Å². The van der Waals surface area contributed by atoms with Crippen LogP contribution in [0.2, 0.25) is 5.02 Å². The molecule has 0 bridgehead atoms. The molecular weight excluding hydrogens is 340 g/mol. The summed E-state index contributed by atoms with van der Waals surface area (Å²) in [5, 5.41) is 2.54. The summed E-state index contributed by atoms with van der Waals surface area (Å²) in [5.41, 5.74) is 1.52.